The second-order valence-electron chi connectivity index (χ2n) is 5.13. The van der Waals surface area contributed by atoms with Crippen molar-refractivity contribution in [1.29, 1.82) is 0 Å². The molecule has 122 valence electrons. The van der Waals surface area contributed by atoms with Crippen LogP contribution in [0.2, 0.25) is 0 Å². The van der Waals surface area contributed by atoms with Gasteiger partial charge in [-0.05, 0) is 24.3 Å². The summed E-state index contributed by atoms with van der Waals surface area (Å²) in [5.74, 6) is 0.397. The first-order chi connectivity index (χ1) is 12.2. The van der Waals surface area contributed by atoms with Gasteiger partial charge >= 0.3 is 0 Å². The van der Waals surface area contributed by atoms with Crippen LogP contribution in [0.15, 0.2) is 59.9 Å². The summed E-state index contributed by atoms with van der Waals surface area (Å²) in [5.41, 5.74) is 0.652. The summed E-state index contributed by atoms with van der Waals surface area (Å²) in [6.07, 6.45) is 6.25. The molecule has 0 radical (unpaired) electrons. The van der Waals surface area contributed by atoms with Crippen molar-refractivity contribution in [3.63, 3.8) is 0 Å². The van der Waals surface area contributed by atoms with Gasteiger partial charge in [0.15, 0.2) is 5.82 Å². The van der Waals surface area contributed by atoms with Crippen LogP contribution < -0.4 is 10.9 Å². The first-order valence-electron chi connectivity index (χ1n) is 7.32. The number of H-pyrrole nitrogens is 1. The summed E-state index contributed by atoms with van der Waals surface area (Å²) in [4.78, 5) is 38.9. The minimum absolute atomic E-state index is 0.204. The van der Waals surface area contributed by atoms with Crippen LogP contribution in [-0.2, 0) is 0 Å². The molecule has 0 aliphatic rings. The molecular weight excluding hydrogens is 322 g/mol. The second-order valence-corrected chi connectivity index (χ2v) is 5.13. The number of carbonyl (C=O) groups is 1. The van der Waals surface area contributed by atoms with E-state index in [1.165, 1.54) is 16.8 Å². The number of hydrogen-bond acceptors (Lipinski definition) is 6. The van der Waals surface area contributed by atoms with Gasteiger partial charge in [-0.25, -0.2) is 0 Å². The highest BCUT2D eigenvalue weighted by atomic mass is 16.2. The molecule has 25 heavy (non-hydrogen) atoms. The van der Waals surface area contributed by atoms with E-state index in [1.54, 1.807) is 42.9 Å². The predicted octanol–water partition coefficient (Wildman–Crippen LogP) is 1.13. The van der Waals surface area contributed by atoms with Gasteiger partial charge in [-0.2, -0.15) is 9.50 Å². The smallest absolute Gasteiger partial charge is 0.258 e. The van der Waals surface area contributed by atoms with Crippen molar-refractivity contribution >= 4 is 17.5 Å². The number of aromatic nitrogens is 6. The van der Waals surface area contributed by atoms with Gasteiger partial charge < -0.3 is 5.32 Å². The number of nitrogens with one attached hydrogen (secondary N) is 2. The Morgan fingerprint density at radius 2 is 1.92 bits per heavy atom. The molecule has 1 amide bonds. The molecule has 0 unspecified atom stereocenters. The van der Waals surface area contributed by atoms with E-state index in [0.717, 1.165) is 0 Å². The Bertz CT molecular complexity index is 1100. The standard InChI is InChI=1S/C16H11N7O2/c24-13-7-12(19-15(25)11-4-2-6-18-9-11)23-16(20-13)21-14(22-23)10-3-1-5-17-8-10/h1-9H,(H,19,25)(H,20,21,22,24). The monoisotopic (exact) mass is 333 g/mol. The van der Waals surface area contributed by atoms with Gasteiger partial charge in [-0.15, -0.1) is 5.10 Å². The molecule has 0 fully saturated rings. The minimum atomic E-state index is -0.404. The number of fused-ring (bicyclic) bond motifs is 1. The van der Waals surface area contributed by atoms with Crippen molar-refractivity contribution in [2.24, 2.45) is 0 Å². The van der Waals surface area contributed by atoms with Crippen LogP contribution in [0, 0.1) is 0 Å². The van der Waals surface area contributed by atoms with Gasteiger partial charge in [0, 0.05) is 36.4 Å². The normalized spacial score (nSPS) is 10.7. The maximum atomic E-state index is 12.3. The fourth-order valence-corrected chi connectivity index (χ4v) is 2.28. The van der Waals surface area contributed by atoms with Gasteiger partial charge in [0.1, 0.15) is 5.82 Å². The molecule has 0 bridgehead atoms. The van der Waals surface area contributed by atoms with Crippen LogP contribution in [0.5, 0.6) is 0 Å². The number of pyridine rings is 2. The fraction of sp³-hybridized carbons (Fsp3) is 0. The van der Waals surface area contributed by atoms with Gasteiger partial charge in [-0.3, -0.25) is 24.5 Å². The summed E-state index contributed by atoms with van der Waals surface area (Å²) in [5, 5.41) is 6.99. The number of anilines is 1. The van der Waals surface area contributed by atoms with Crippen molar-refractivity contribution in [2.75, 3.05) is 5.32 Å². The first-order valence-corrected chi connectivity index (χ1v) is 7.32. The molecule has 0 aliphatic heterocycles. The van der Waals surface area contributed by atoms with Gasteiger partial charge in [0.25, 0.3) is 11.5 Å². The number of rotatable bonds is 3. The van der Waals surface area contributed by atoms with Crippen molar-refractivity contribution in [2.45, 2.75) is 0 Å². The SMILES string of the molecule is O=C(Nc1cc(=O)[nH]c2nc(-c3cccnc3)nn12)c1cccnc1. The Morgan fingerprint density at radius 1 is 1.12 bits per heavy atom. The molecule has 0 saturated heterocycles. The molecule has 0 spiro atoms. The van der Waals surface area contributed by atoms with Crippen molar-refractivity contribution in [3.05, 3.63) is 71.0 Å². The van der Waals surface area contributed by atoms with Crippen LogP contribution in [0.3, 0.4) is 0 Å². The largest absolute Gasteiger partial charge is 0.306 e. The van der Waals surface area contributed by atoms with E-state index in [4.69, 9.17) is 0 Å². The van der Waals surface area contributed by atoms with E-state index in [0.29, 0.717) is 17.0 Å². The number of carbonyl (C=O) groups excluding carboxylic acids is 1. The number of nitrogens with zero attached hydrogens (tertiary/aromatic N) is 5. The zero-order valence-electron chi connectivity index (χ0n) is 12.7. The molecule has 4 aromatic heterocycles. The molecular formula is C16H11N7O2. The van der Waals surface area contributed by atoms with Crippen molar-refractivity contribution < 1.29 is 4.79 Å². The number of amides is 1. The van der Waals surface area contributed by atoms with Crippen LogP contribution >= 0.6 is 0 Å². The lowest BCUT2D eigenvalue weighted by Crippen LogP contribution is -2.18. The third kappa shape index (κ3) is 2.85. The van der Waals surface area contributed by atoms with E-state index >= 15 is 0 Å². The molecule has 9 heteroatoms. The minimum Gasteiger partial charge on any atom is -0.306 e. The maximum Gasteiger partial charge on any atom is 0.258 e. The van der Waals surface area contributed by atoms with Crippen LogP contribution in [-0.4, -0.2) is 35.5 Å². The third-order valence-corrected chi connectivity index (χ3v) is 3.42. The van der Waals surface area contributed by atoms with Gasteiger partial charge in [0.05, 0.1) is 5.56 Å². The van der Waals surface area contributed by atoms with Crippen LogP contribution in [0.25, 0.3) is 17.2 Å². The molecule has 0 atom stereocenters. The highest BCUT2D eigenvalue weighted by Crippen LogP contribution is 2.16. The van der Waals surface area contributed by atoms with Crippen molar-refractivity contribution in [3.8, 4) is 11.4 Å². The zero-order chi connectivity index (χ0) is 17.2. The van der Waals surface area contributed by atoms with E-state index in [9.17, 15) is 9.59 Å². The summed E-state index contributed by atoms with van der Waals surface area (Å²) < 4.78 is 1.36. The number of hydrogen-bond donors (Lipinski definition) is 2. The van der Waals surface area contributed by atoms with E-state index in [2.05, 4.69) is 30.4 Å². The highest BCUT2D eigenvalue weighted by molar-refractivity contribution is 6.03. The quantitative estimate of drug-likeness (QED) is 0.580. The highest BCUT2D eigenvalue weighted by Gasteiger charge is 2.14. The van der Waals surface area contributed by atoms with E-state index < -0.39 is 11.5 Å². The molecule has 9 nitrogen and oxygen atoms in total. The number of aromatic amines is 1. The van der Waals surface area contributed by atoms with Gasteiger partial charge in [-0.1, -0.05) is 0 Å². The summed E-state index contributed by atoms with van der Waals surface area (Å²) in [6.45, 7) is 0. The Morgan fingerprint density at radius 3 is 2.64 bits per heavy atom. The molecule has 2 N–H and O–H groups in total. The van der Waals surface area contributed by atoms with Gasteiger partial charge in [0.2, 0.25) is 5.78 Å². The first kappa shape index (κ1) is 14.7. The average Bonchev–Trinajstić information content (AvgIpc) is 3.07. The Kier molecular flexibility index (Phi) is 3.51. The molecule has 0 saturated carbocycles. The fourth-order valence-electron chi connectivity index (χ4n) is 2.28. The maximum absolute atomic E-state index is 12.3. The lowest BCUT2D eigenvalue weighted by atomic mass is 10.3. The lowest BCUT2D eigenvalue weighted by molar-refractivity contribution is 0.102. The Hall–Kier alpha value is -3.88. The summed E-state index contributed by atoms with van der Waals surface area (Å²) in [6, 6.07) is 8.07. The third-order valence-electron chi connectivity index (χ3n) is 3.42. The molecule has 4 rings (SSSR count). The lowest BCUT2D eigenvalue weighted by Gasteiger charge is -2.05. The van der Waals surface area contributed by atoms with Crippen LogP contribution in [0.1, 0.15) is 10.4 Å². The summed E-state index contributed by atoms with van der Waals surface area (Å²) in [7, 11) is 0. The average molecular weight is 333 g/mol. The molecule has 4 heterocycles. The zero-order valence-corrected chi connectivity index (χ0v) is 12.7. The Balaban J connectivity index is 1.77. The predicted molar refractivity (Wildman–Crippen MR) is 89.0 cm³/mol. The van der Waals surface area contributed by atoms with Crippen molar-refractivity contribution in [1.82, 2.24) is 29.5 Å². The van der Waals surface area contributed by atoms with E-state index in [1.807, 2.05) is 0 Å². The van der Waals surface area contributed by atoms with Crippen LogP contribution in [0.4, 0.5) is 5.82 Å². The Labute approximate surface area is 140 Å². The topological polar surface area (TPSA) is 118 Å². The molecule has 4 aromatic rings. The summed E-state index contributed by atoms with van der Waals surface area (Å²) >= 11 is 0. The van der Waals surface area contributed by atoms with E-state index in [-0.39, 0.29) is 11.6 Å². The second kappa shape index (κ2) is 5.96. The molecule has 0 aliphatic carbocycles. The molecule has 0 aromatic carbocycles.